The topological polar surface area (TPSA) is 3.24 Å². The van der Waals surface area contributed by atoms with Crippen molar-refractivity contribution in [2.45, 2.75) is 44.4 Å². The number of anilines is 1. The van der Waals surface area contributed by atoms with Gasteiger partial charge in [-0.05, 0) is 43.2 Å². The predicted molar refractivity (Wildman–Crippen MR) is 78.3 cm³/mol. The maximum Gasteiger partial charge on any atom is 0.129 e. The van der Waals surface area contributed by atoms with Crippen LogP contribution in [0.1, 0.15) is 44.1 Å². The number of rotatable bonds is 2. The molecule has 0 N–H and O–H groups in total. The first-order valence-electron chi connectivity index (χ1n) is 7.32. The van der Waals surface area contributed by atoms with Crippen molar-refractivity contribution in [3.05, 3.63) is 29.6 Å². The molecular weight excluding hydrogens is 261 g/mol. The molecule has 1 spiro atoms. The van der Waals surface area contributed by atoms with Crippen LogP contribution in [0.3, 0.4) is 0 Å². The Kier molecular flexibility index (Phi) is 3.70. The smallest absolute Gasteiger partial charge is 0.129 e. The van der Waals surface area contributed by atoms with Gasteiger partial charge in [-0.25, -0.2) is 4.39 Å². The van der Waals surface area contributed by atoms with Gasteiger partial charge in [-0.15, -0.1) is 11.6 Å². The number of benzene rings is 1. The third-order valence-corrected chi connectivity index (χ3v) is 5.32. The van der Waals surface area contributed by atoms with E-state index in [9.17, 15) is 4.39 Å². The van der Waals surface area contributed by atoms with Crippen LogP contribution in [0.15, 0.2) is 18.2 Å². The second kappa shape index (κ2) is 5.32. The quantitative estimate of drug-likeness (QED) is 0.709. The highest BCUT2D eigenvalue weighted by Crippen LogP contribution is 2.47. The number of piperidine rings is 1. The summed E-state index contributed by atoms with van der Waals surface area (Å²) in [6.07, 6.45) is 8.09. The third kappa shape index (κ3) is 2.47. The minimum atomic E-state index is -0.173. The first kappa shape index (κ1) is 13.2. The molecule has 2 fully saturated rings. The van der Waals surface area contributed by atoms with Crippen LogP contribution in [-0.2, 0) is 5.88 Å². The molecule has 0 atom stereocenters. The number of hydrogen-bond donors (Lipinski definition) is 0. The van der Waals surface area contributed by atoms with Gasteiger partial charge in [0.05, 0.1) is 5.88 Å². The van der Waals surface area contributed by atoms with Gasteiger partial charge in [0.2, 0.25) is 0 Å². The number of halogens is 2. The second-order valence-corrected chi connectivity index (χ2v) is 6.33. The summed E-state index contributed by atoms with van der Waals surface area (Å²) in [5, 5.41) is 0. The van der Waals surface area contributed by atoms with Crippen LogP contribution < -0.4 is 4.90 Å². The zero-order valence-electron chi connectivity index (χ0n) is 11.3. The minimum absolute atomic E-state index is 0.173. The average molecular weight is 282 g/mol. The molecule has 1 aromatic carbocycles. The Labute approximate surface area is 119 Å². The Morgan fingerprint density at radius 2 is 1.79 bits per heavy atom. The molecule has 0 amide bonds. The highest BCUT2D eigenvalue weighted by Gasteiger charge is 2.37. The van der Waals surface area contributed by atoms with E-state index in [0.717, 1.165) is 18.8 Å². The molecule has 1 saturated heterocycles. The lowest BCUT2D eigenvalue weighted by Crippen LogP contribution is -2.39. The average Bonchev–Trinajstić information content (AvgIpc) is 2.88. The summed E-state index contributed by atoms with van der Waals surface area (Å²) in [6, 6.07) is 5.30. The van der Waals surface area contributed by atoms with E-state index in [0.29, 0.717) is 11.0 Å². The van der Waals surface area contributed by atoms with Crippen molar-refractivity contribution in [3.8, 4) is 0 Å². The van der Waals surface area contributed by atoms with Gasteiger partial charge in [0.25, 0.3) is 0 Å². The van der Waals surface area contributed by atoms with Gasteiger partial charge in [0.15, 0.2) is 0 Å². The van der Waals surface area contributed by atoms with Crippen molar-refractivity contribution in [2.75, 3.05) is 18.0 Å². The van der Waals surface area contributed by atoms with Crippen molar-refractivity contribution < 1.29 is 4.39 Å². The summed E-state index contributed by atoms with van der Waals surface area (Å²) in [6.45, 7) is 2.10. The van der Waals surface area contributed by atoms with Gasteiger partial charge in [-0.3, -0.25) is 0 Å². The predicted octanol–water partition coefficient (Wildman–Crippen LogP) is 4.73. The molecule has 3 rings (SSSR count). The zero-order chi connectivity index (χ0) is 13.3. The van der Waals surface area contributed by atoms with E-state index < -0.39 is 0 Å². The minimum Gasteiger partial charge on any atom is -0.371 e. The van der Waals surface area contributed by atoms with Crippen molar-refractivity contribution >= 4 is 17.3 Å². The van der Waals surface area contributed by atoms with E-state index in [4.69, 9.17) is 11.6 Å². The molecule has 0 aromatic heterocycles. The van der Waals surface area contributed by atoms with Crippen molar-refractivity contribution in [3.63, 3.8) is 0 Å². The Balaban J connectivity index is 1.76. The summed E-state index contributed by atoms with van der Waals surface area (Å²) >= 11 is 5.91. The van der Waals surface area contributed by atoms with Crippen LogP contribution in [0.5, 0.6) is 0 Å². The Bertz CT molecular complexity index is 444. The number of hydrogen-bond acceptors (Lipinski definition) is 1. The van der Waals surface area contributed by atoms with Gasteiger partial charge < -0.3 is 4.90 Å². The molecule has 1 aromatic rings. The van der Waals surface area contributed by atoms with Crippen LogP contribution in [0.25, 0.3) is 0 Å². The highest BCUT2D eigenvalue weighted by atomic mass is 35.5. The molecule has 1 saturated carbocycles. The van der Waals surface area contributed by atoms with E-state index in [-0.39, 0.29) is 11.7 Å². The highest BCUT2D eigenvalue weighted by molar-refractivity contribution is 6.17. The maximum absolute atomic E-state index is 13.8. The molecule has 1 nitrogen and oxygen atoms in total. The molecule has 1 aliphatic carbocycles. The number of nitrogens with zero attached hydrogens (tertiary/aromatic N) is 1. The van der Waals surface area contributed by atoms with Crippen molar-refractivity contribution in [1.29, 1.82) is 0 Å². The van der Waals surface area contributed by atoms with Gasteiger partial charge in [0, 0.05) is 24.3 Å². The first-order valence-corrected chi connectivity index (χ1v) is 7.86. The van der Waals surface area contributed by atoms with E-state index in [1.807, 2.05) is 6.07 Å². The second-order valence-electron chi connectivity index (χ2n) is 6.07. The summed E-state index contributed by atoms with van der Waals surface area (Å²) in [4.78, 5) is 2.32. The van der Waals surface area contributed by atoms with Crippen LogP contribution in [0.2, 0.25) is 0 Å². The van der Waals surface area contributed by atoms with Gasteiger partial charge in [-0.1, -0.05) is 18.9 Å². The molecular formula is C16H21ClFN. The lowest BCUT2D eigenvalue weighted by Gasteiger charge is -2.41. The summed E-state index contributed by atoms with van der Waals surface area (Å²) in [5.41, 5.74) is 2.26. The lowest BCUT2D eigenvalue weighted by atomic mass is 9.77. The summed E-state index contributed by atoms with van der Waals surface area (Å²) in [5.74, 6) is 0.0811. The standard InChI is InChI=1S/C16H21ClFN/c17-12-13-14(18)4-3-5-15(13)19-10-8-16(9-11-19)6-1-2-7-16/h3-5H,1-2,6-12H2. The zero-order valence-corrected chi connectivity index (χ0v) is 12.1. The van der Waals surface area contributed by atoms with Crippen LogP contribution in [0.4, 0.5) is 10.1 Å². The van der Waals surface area contributed by atoms with Crippen LogP contribution in [0, 0.1) is 11.2 Å². The fraction of sp³-hybridized carbons (Fsp3) is 0.625. The molecule has 104 valence electrons. The fourth-order valence-electron chi connectivity index (χ4n) is 3.82. The van der Waals surface area contributed by atoms with Crippen LogP contribution >= 0.6 is 11.6 Å². The largest absolute Gasteiger partial charge is 0.371 e. The molecule has 1 heterocycles. The molecule has 19 heavy (non-hydrogen) atoms. The molecule has 0 unspecified atom stereocenters. The SMILES string of the molecule is Fc1cccc(N2CCC3(CCCC3)CC2)c1CCl. The van der Waals surface area contributed by atoms with E-state index >= 15 is 0 Å². The van der Waals surface area contributed by atoms with Gasteiger partial charge in [-0.2, -0.15) is 0 Å². The Morgan fingerprint density at radius 1 is 1.11 bits per heavy atom. The number of alkyl halides is 1. The Hall–Kier alpha value is -0.760. The van der Waals surface area contributed by atoms with Gasteiger partial charge >= 0.3 is 0 Å². The molecule has 3 heteroatoms. The monoisotopic (exact) mass is 281 g/mol. The van der Waals surface area contributed by atoms with E-state index in [1.54, 1.807) is 6.07 Å². The fourth-order valence-corrected chi connectivity index (χ4v) is 4.09. The van der Waals surface area contributed by atoms with Crippen molar-refractivity contribution in [1.82, 2.24) is 0 Å². The summed E-state index contributed by atoms with van der Waals surface area (Å²) in [7, 11) is 0. The van der Waals surface area contributed by atoms with Gasteiger partial charge in [0.1, 0.15) is 5.82 Å². The normalized spacial score (nSPS) is 22.1. The third-order valence-electron chi connectivity index (χ3n) is 5.06. The Morgan fingerprint density at radius 3 is 2.42 bits per heavy atom. The van der Waals surface area contributed by atoms with E-state index in [2.05, 4.69) is 4.90 Å². The summed E-state index contributed by atoms with van der Waals surface area (Å²) < 4.78 is 13.8. The molecule has 2 aliphatic rings. The molecule has 0 bridgehead atoms. The lowest BCUT2D eigenvalue weighted by molar-refractivity contribution is 0.226. The molecule has 0 radical (unpaired) electrons. The molecule has 1 aliphatic heterocycles. The van der Waals surface area contributed by atoms with Crippen LogP contribution in [-0.4, -0.2) is 13.1 Å². The first-order chi connectivity index (χ1) is 9.24. The maximum atomic E-state index is 13.8. The van der Waals surface area contributed by atoms with Crippen molar-refractivity contribution in [2.24, 2.45) is 5.41 Å². The van der Waals surface area contributed by atoms with E-state index in [1.165, 1.54) is 44.6 Å².